The second-order valence-corrected chi connectivity index (χ2v) is 13.1. The van der Waals surface area contributed by atoms with Gasteiger partial charge in [-0.3, -0.25) is 0 Å². The van der Waals surface area contributed by atoms with Gasteiger partial charge >= 0.3 is 0 Å². The van der Waals surface area contributed by atoms with E-state index in [9.17, 15) is 0 Å². The van der Waals surface area contributed by atoms with E-state index >= 15 is 0 Å². The van der Waals surface area contributed by atoms with Crippen LogP contribution in [0.2, 0.25) is 0 Å². The first-order valence-corrected chi connectivity index (χ1v) is 17.5. The van der Waals surface area contributed by atoms with Crippen LogP contribution in [0.5, 0.6) is 0 Å². The SMILES string of the molecule is CN(c1ccc(-c2ccccc2)cc1)c1ccc(-c2ccc3c(c2)c2ccccc2n3-c2ccccc2)cc1-c1ccc(-c2ccccc2)cc1. The van der Waals surface area contributed by atoms with Gasteiger partial charge in [0.1, 0.15) is 0 Å². The van der Waals surface area contributed by atoms with Crippen molar-refractivity contribution in [2.75, 3.05) is 11.9 Å². The smallest absolute Gasteiger partial charge is 0.0541 e. The van der Waals surface area contributed by atoms with Gasteiger partial charge in [-0.05, 0) is 93.5 Å². The summed E-state index contributed by atoms with van der Waals surface area (Å²) in [6, 6.07) is 72.2. The molecule has 2 heteroatoms. The number of rotatable bonds is 7. The third-order valence-corrected chi connectivity index (χ3v) is 10.0. The van der Waals surface area contributed by atoms with E-state index in [2.05, 4.69) is 217 Å². The molecule has 8 aromatic carbocycles. The summed E-state index contributed by atoms with van der Waals surface area (Å²) >= 11 is 0. The van der Waals surface area contributed by atoms with Crippen LogP contribution in [0.1, 0.15) is 0 Å². The van der Waals surface area contributed by atoms with Crippen LogP contribution in [0.3, 0.4) is 0 Å². The van der Waals surface area contributed by atoms with Crippen molar-refractivity contribution >= 4 is 33.2 Å². The van der Waals surface area contributed by atoms with Gasteiger partial charge in [0, 0.05) is 40.4 Å². The molecule has 1 heterocycles. The van der Waals surface area contributed by atoms with Crippen molar-refractivity contribution in [3.05, 3.63) is 200 Å². The zero-order valence-corrected chi connectivity index (χ0v) is 28.4. The monoisotopic (exact) mass is 652 g/mol. The molecule has 0 aliphatic rings. The third kappa shape index (κ3) is 5.67. The molecule has 0 saturated heterocycles. The summed E-state index contributed by atoms with van der Waals surface area (Å²) < 4.78 is 2.37. The largest absolute Gasteiger partial charge is 0.344 e. The summed E-state index contributed by atoms with van der Waals surface area (Å²) in [4.78, 5) is 2.30. The summed E-state index contributed by atoms with van der Waals surface area (Å²) in [6.45, 7) is 0. The Labute approximate surface area is 299 Å². The Kier molecular flexibility index (Phi) is 7.75. The van der Waals surface area contributed by atoms with E-state index in [0.717, 1.165) is 11.4 Å². The molecule has 0 aliphatic carbocycles. The minimum atomic E-state index is 1.14. The van der Waals surface area contributed by atoms with Gasteiger partial charge in [0.25, 0.3) is 0 Å². The van der Waals surface area contributed by atoms with Crippen molar-refractivity contribution in [1.29, 1.82) is 0 Å². The molecule has 0 radical (unpaired) electrons. The fourth-order valence-electron chi connectivity index (χ4n) is 7.37. The molecule has 9 rings (SSSR count). The number of nitrogens with zero attached hydrogens (tertiary/aromatic N) is 2. The van der Waals surface area contributed by atoms with Gasteiger partial charge in [-0.15, -0.1) is 0 Å². The van der Waals surface area contributed by atoms with Gasteiger partial charge in [-0.25, -0.2) is 0 Å². The molecule has 0 N–H and O–H groups in total. The standard InChI is InChI=1S/C49H36N2/c1-50(42-29-25-38(26-30-42)36-15-7-3-8-16-36)47-31-27-40(33-45(47)39-23-21-37(22-24-39)35-13-5-2-6-14-35)41-28-32-49-46(34-41)44-19-11-12-20-48(44)51(49)43-17-9-4-10-18-43/h2-34H,1H3. The number of aromatic nitrogens is 1. The van der Waals surface area contributed by atoms with Crippen molar-refractivity contribution in [3.8, 4) is 50.2 Å². The van der Waals surface area contributed by atoms with Gasteiger partial charge in [-0.2, -0.15) is 0 Å². The maximum Gasteiger partial charge on any atom is 0.0541 e. The molecule has 0 atom stereocenters. The number of hydrogen-bond donors (Lipinski definition) is 0. The highest BCUT2D eigenvalue weighted by molar-refractivity contribution is 6.10. The topological polar surface area (TPSA) is 8.17 Å². The van der Waals surface area contributed by atoms with E-state index in [-0.39, 0.29) is 0 Å². The van der Waals surface area contributed by atoms with Crippen LogP contribution in [0, 0.1) is 0 Å². The van der Waals surface area contributed by atoms with Crippen molar-refractivity contribution in [3.63, 3.8) is 0 Å². The molecule has 0 aliphatic heterocycles. The van der Waals surface area contributed by atoms with Gasteiger partial charge in [0.2, 0.25) is 0 Å². The maximum absolute atomic E-state index is 2.37. The van der Waals surface area contributed by atoms with Gasteiger partial charge in [-0.1, -0.05) is 146 Å². The fourth-order valence-corrected chi connectivity index (χ4v) is 7.37. The second-order valence-electron chi connectivity index (χ2n) is 13.1. The van der Waals surface area contributed by atoms with E-state index in [0.29, 0.717) is 0 Å². The van der Waals surface area contributed by atoms with Crippen molar-refractivity contribution in [1.82, 2.24) is 4.57 Å². The molecule has 0 spiro atoms. The third-order valence-electron chi connectivity index (χ3n) is 10.0. The van der Waals surface area contributed by atoms with Crippen LogP contribution >= 0.6 is 0 Å². The summed E-state index contributed by atoms with van der Waals surface area (Å²) in [5.41, 5.74) is 15.5. The van der Waals surface area contributed by atoms with Gasteiger partial charge in [0.05, 0.1) is 11.0 Å². The van der Waals surface area contributed by atoms with Crippen LogP contribution in [0.15, 0.2) is 200 Å². The Bertz CT molecular complexity index is 2600. The Balaban J connectivity index is 1.16. The average Bonchev–Trinajstić information content (AvgIpc) is 3.55. The van der Waals surface area contributed by atoms with E-state index in [1.807, 2.05) is 0 Å². The lowest BCUT2D eigenvalue weighted by molar-refractivity contribution is 1.18. The molecular weight excluding hydrogens is 617 g/mol. The Hall–Kier alpha value is -6.64. The minimum absolute atomic E-state index is 1.14. The lowest BCUT2D eigenvalue weighted by Gasteiger charge is -2.24. The molecule has 9 aromatic rings. The normalized spacial score (nSPS) is 11.2. The predicted octanol–water partition coefficient (Wildman–Crippen LogP) is 13.2. The molecule has 1 aromatic heterocycles. The molecule has 0 unspecified atom stereocenters. The van der Waals surface area contributed by atoms with E-state index in [4.69, 9.17) is 0 Å². The van der Waals surface area contributed by atoms with E-state index < -0.39 is 0 Å². The maximum atomic E-state index is 2.37. The molecule has 0 bridgehead atoms. The number of benzene rings is 8. The molecule has 2 nitrogen and oxygen atoms in total. The predicted molar refractivity (Wildman–Crippen MR) is 217 cm³/mol. The second kappa shape index (κ2) is 13.0. The van der Waals surface area contributed by atoms with E-state index in [1.54, 1.807) is 0 Å². The Morgan fingerprint density at radius 3 is 1.49 bits per heavy atom. The highest BCUT2D eigenvalue weighted by atomic mass is 15.1. The van der Waals surface area contributed by atoms with E-state index in [1.165, 1.54) is 72.0 Å². The van der Waals surface area contributed by atoms with Crippen LogP contribution in [0.4, 0.5) is 11.4 Å². The summed E-state index contributed by atoms with van der Waals surface area (Å²) in [6.07, 6.45) is 0. The van der Waals surface area contributed by atoms with Crippen molar-refractivity contribution in [2.45, 2.75) is 0 Å². The summed E-state index contributed by atoms with van der Waals surface area (Å²) in [7, 11) is 2.17. The number of hydrogen-bond acceptors (Lipinski definition) is 1. The minimum Gasteiger partial charge on any atom is -0.344 e. The first-order chi connectivity index (χ1) is 25.2. The first-order valence-electron chi connectivity index (χ1n) is 17.5. The molecule has 0 saturated carbocycles. The average molecular weight is 653 g/mol. The lowest BCUT2D eigenvalue weighted by Crippen LogP contribution is -2.10. The van der Waals surface area contributed by atoms with Gasteiger partial charge < -0.3 is 9.47 Å². The fraction of sp³-hybridized carbons (Fsp3) is 0.0204. The van der Waals surface area contributed by atoms with Crippen LogP contribution < -0.4 is 4.90 Å². The van der Waals surface area contributed by atoms with Crippen molar-refractivity contribution < 1.29 is 0 Å². The first kappa shape index (κ1) is 30.4. The molecule has 0 amide bonds. The number of fused-ring (bicyclic) bond motifs is 3. The number of anilines is 2. The molecule has 51 heavy (non-hydrogen) atoms. The highest BCUT2D eigenvalue weighted by Crippen LogP contribution is 2.40. The zero-order valence-electron chi connectivity index (χ0n) is 28.4. The zero-order chi connectivity index (χ0) is 34.1. The highest BCUT2D eigenvalue weighted by Gasteiger charge is 2.16. The molecule has 0 fully saturated rings. The van der Waals surface area contributed by atoms with Crippen LogP contribution in [0.25, 0.3) is 72.0 Å². The quantitative estimate of drug-likeness (QED) is 0.166. The lowest BCUT2D eigenvalue weighted by atomic mass is 9.94. The molecule has 242 valence electrons. The van der Waals surface area contributed by atoms with Crippen molar-refractivity contribution in [2.24, 2.45) is 0 Å². The summed E-state index contributed by atoms with van der Waals surface area (Å²) in [5, 5.41) is 2.51. The van der Waals surface area contributed by atoms with Crippen LogP contribution in [-0.2, 0) is 0 Å². The molecular formula is C49H36N2. The number of para-hydroxylation sites is 2. The Morgan fingerprint density at radius 2 is 0.824 bits per heavy atom. The Morgan fingerprint density at radius 1 is 0.353 bits per heavy atom. The van der Waals surface area contributed by atoms with Gasteiger partial charge in [0.15, 0.2) is 0 Å². The summed E-state index contributed by atoms with van der Waals surface area (Å²) in [5.74, 6) is 0. The van der Waals surface area contributed by atoms with Crippen LogP contribution in [-0.4, -0.2) is 11.6 Å².